The molecule has 0 saturated heterocycles. The Morgan fingerprint density at radius 1 is 1.21 bits per heavy atom. The van der Waals surface area contributed by atoms with Crippen molar-refractivity contribution in [1.82, 2.24) is 15.0 Å². The van der Waals surface area contributed by atoms with Crippen LogP contribution in [0, 0.1) is 13.8 Å². The molecule has 0 fully saturated rings. The predicted molar refractivity (Wildman–Crippen MR) is 79.7 cm³/mol. The van der Waals surface area contributed by atoms with Gasteiger partial charge in [0.05, 0.1) is 6.54 Å². The van der Waals surface area contributed by atoms with Crippen molar-refractivity contribution in [2.24, 2.45) is 0 Å². The Hall–Kier alpha value is -1.69. The summed E-state index contributed by atoms with van der Waals surface area (Å²) in [6.07, 6.45) is 2.89. The van der Waals surface area contributed by atoms with E-state index in [0.29, 0.717) is 12.5 Å². The number of anilines is 2. The molecule has 0 amide bonds. The summed E-state index contributed by atoms with van der Waals surface area (Å²) in [5.41, 5.74) is 2.10. The van der Waals surface area contributed by atoms with E-state index in [1.54, 1.807) is 11.3 Å². The van der Waals surface area contributed by atoms with Gasteiger partial charge in [-0.3, -0.25) is 0 Å². The highest BCUT2D eigenvalue weighted by Gasteiger charge is 2.04. The lowest BCUT2D eigenvalue weighted by Gasteiger charge is -2.09. The molecule has 0 saturated carbocycles. The van der Waals surface area contributed by atoms with Crippen LogP contribution in [0.25, 0.3) is 0 Å². The first-order valence-corrected chi connectivity index (χ1v) is 7.29. The van der Waals surface area contributed by atoms with Gasteiger partial charge in [-0.05, 0) is 20.3 Å². The Bertz CT molecular complexity index is 538. The minimum Gasteiger partial charge on any atom is -0.363 e. The van der Waals surface area contributed by atoms with Gasteiger partial charge in [-0.15, -0.1) is 11.3 Å². The SMILES string of the molecule is CCCNc1ncc(C)c(NCc2nc(C)cs2)n1. The maximum atomic E-state index is 4.48. The summed E-state index contributed by atoms with van der Waals surface area (Å²) in [4.78, 5) is 13.2. The summed E-state index contributed by atoms with van der Waals surface area (Å²) in [5.74, 6) is 1.53. The molecule has 0 aromatic carbocycles. The van der Waals surface area contributed by atoms with Gasteiger partial charge in [-0.25, -0.2) is 9.97 Å². The number of nitrogens with zero attached hydrogens (tertiary/aromatic N) is 3. The van der Waals surface area contributed by atoms with E-state index in [9.17, 15) is 0 Å². The molecule has 2 heterocycles. The number of thiazole rings is 1. The molecule has 6 heteroatoms. The molecule has 0 aliphatic rings. The molecular weight excluding hydrogens is 258 g/mol. The average molecular weight is 277 g/mol. The molecule has 0 aliphatic carbocycles. The van der Waals surface area contributed by atoms with E-state index in [2.05, 4.69) is 37.9 Å². The van der Waals surface area contributed by atoms with Crippen LogP contribution in [0.3, 0.4) is 0 Å². The van der Waals surface area contributed by atoms with E-state index in [-0.39, 0.29) is 0 Å². The van der Waals surface area contributed by atoms with Crippen molar-refractivity contribution in [3.05, 3.63) is 27.8 Å². The molecule has 0 aliphatic heterocycles. The van der Waals surface area contributed by atoms with Gasteiger partial charge in [-0.2, -0.15) is 4.98 Å². The maximum absolute atomic E-state index is 4.48. The van der Waals surface area contributed by atoms with Crippen LogP contribution < -0.4 is 10.6 Å². The van der Waals surface area contributed by atoms with Crippen LogP contribution in [-0.4, -0.2) is 21.5 Å². The maximum Gasteiger partial charge on any atom is 0.224 e. The van der Waals surface area contributed by atoms with Gasteiger partial charge in [-0.1, -0.05) is 6.92 Å². The Labute approximate surface area is 117 Å². The van der Waals surface area contributed by atoms with Gasteiger partial charge >= 0.3 is 0 Å². The fourth-order valence-electron chi connectivity index (χ4n) is 1.59. The van der Waals surface area contributed by atoms with Gasteiger partial charge < -0.3 is 10.6 Å². The Morgan fingerprint density at radius 3 is 2.74 bits per heavy atom. The molecule has 2 rings (SSSR count). The summed E-state index contributed by atoms with van der Waals surface area (Å²) in [5, 5.41) is 9.63. The van der Waals surface area contributed by atoms with Crippen LogP contribution in [0.5, 0.6) is 0 Å². The molecule has 2 aromatic rings. The van der Waals surface area contributed by atoms with Crippen molar-refractivity contribution in [3.8, 4) is 0 Å². The summed E-state index contributed by atoms with van der Waals surface area (Å²) >= 11 is 1.66. The number of aryl methyl sites for hydroxylation is 2. The molecular formula is C13H19N5S. The lowest BCUT2D eigenvalue weighted by Crippen LogP contribution is -2.08. The smallest absolute Gasteiger partial charge is 0.224 e. The molecule has 102 valence electrons. The second-order valence-electron chi connectivity index (χ2n) is 4.39. The minimum atomic E-state index is 0.672. The van der Waals surface area contributed by atoms with Crippen LogP contribution >= 0.6 is 11.3 Å². The number of hydrogen-bond donors (Lipinski definition) is 2. The zero-order valence-corrected chi connectivity index (χ0v) is 12.3. The van der Waals surface area contributed by atoms with E-state index in [0.717, 1.165) is 35.0 Å². The van der Waals surface area contributed by atoms with E-state index >= 15 is 0 Å². The zero-order chi connectivity index (χ0) is 13.7. The van der Waals surface area contributed by atoms with Crippen molar-refractivity contribution in [2.45, 2.75) is 33.7 Å². The van der Waals surface area contributed by atoms with E-state index in [4.69, 9.17) is 0 Å². The van der Waals surface area contributed by atoms with E-state index in [1.165, 1.54) is 0 Å². The lowest BCUT2D eigenvalue weighted by molar-refractivity contribution is 0.946. The fourth-order valence-corrected chi connectivity index (χ4v) is 2.30. The zero-order valence-electron chi connectivity index (χ0n) is 11.5. The normalized spacial score (nSPS) is 10.5. The van der Waals surface area contributed by atoms with Crippen molar-refractivity contribution in [2.75, 3.05) is 17.2 Å². The highest BCUT2D eigenvalue weighted by atomic mass is 32.1. The van der Waals surface area contributed by atoms with Crippen LogP contribution in [0.2, 0.25) is 0 Å². The molecule has 19 heavy (non-hydrogen) atoms. The molecule has 0 bridgehead atoms. The van der Waals surface area contributed by atoms with Crippen LogP contribution in [0.15, 0.2) is 11.6 Å². The largest absolute Gasteiger partial charge is 0.363 e. The third kappa shape index (κ3) is 3.89. The Balaban J connectivity index is 2.02. The highest BCUT2D eigenvalue weighted by Crippen LogP contribution is 2.15. The minimum absolute atomic E-state index is 0.672. The van der Waals surface area contributed by atoms with E-state index < -0.39 is 0 Å². The number of rotatable bonds is 6. The van der Waals surface area contributed by atoms with Gasteiger partial charge in [0.1, 0.15) is 10.8 Å². The topological polar surface area (TPSA) is 62.7 Å². The van der Waals surface area contributed by atoms with Crippen molar-refractivity contribution < 1.29 is 0 Å². The Kier molecular flexibility index (Phi) is 4.68. The second kappa shape index (κ2) is 6.47. The highest BCUT2D eigenvalue weighted by molar-refractivity contribution is 7.09. The van der Waals surface area contributed by atoms with Crippen LogP contribution in [0.1, 0.15) is 29.6 Å². The fraction of sp³-hybridized carbons (Fsp3) is 0.462. The molecule has 0 spiro atoms. The van der Waals surface area contributed by atoms with Crippen molar-refractivity contribution in [1.29, 1.82) is 0 Å². The molecule has 0 unspecified atom stereocenters. The Morgan fingerprint density at radius 2 is 2.05 bits per heavy atom. The average Bonchev–Trinajstić information content (AvgIpc) is 2.82. The summed E-state index contributed by atoms with van der Waals surface area (Å²) in [7, 11) is 0. The molecule has 0 atom stereocenters. The van der Waals surface area contributed by atoms with Gasteiger partial charge in [0.25, 0.3) is 0 Å². The number of hydrogen-bond acceptors (Lipinski definition) is 6. The van der Waals surface area contributed by atoms with Crippen molar-refractivity contribution >= 4 is 23.1 Å². The number of nitrogens with one attached hydrogen (secondary N) is 2. The third-order valence-corrected chi connectivity index (χ3v) is 3.55. The van der Waals surface area contributed by atoms with Gasteiger partial charge in [0.2, 0.25) is 5.95 Å². The first-order chi connectivity index (χ1) is 9.19. The van der Waals surface area contributed by atoms with Gasteiger partial charge in [0, 0.05) is 29.4 Å². The monoisotopic (exact) mass is 277 g/mol. The standard InChI is InChI=1S/C13H19N5S/c1-4-5-14-13-16-6-9(2)12(18-13)15-7-11-17-10(3)8-19-11/h6,8H,4-5,7H2,1-3H3,(H2,14,15,16,18). The summed E-state index contributed by atoms with van der Waals surface area (Å²) in [6, 6.07) is 0. The van der Waals surface area contributed by atoms with Crippen molar-refractivity contribution in [3.63, 3.8) is 0 Å². The summed E-state index contributed by atoms with van der Waals surface area (Å²) in [6.45, 7) is 7.70. The third-order valence-electron chi connectivity index (χ3n) is 2.58. The first kappa shape index (κ1) is 13.7. The first-order valence-electron chi connectivity index (χ1n) is 6.41. The molecule has 0 radical (unpaired) electrons. The van der Waals surface area contributed by atoms with Crippen LogP contribution in [0.4, 0.5) is 11.8 Å². The predicted octanol–water partition coefficient (Wildman–Crippen LogP) is 2.98. The quantitative estimate of drug-likeness (QED) is 0.850. The van der Waals surface area contributed by atoms with Gasteiger partial charge in [0.15, 0.2) is 0 Å². The molecule has 2 N–H and O–H groups in total. The molecule has 5 nitrogen and oxygen atoms in total. The molecule has 2 aromatic heterocycles. The van der Waals surface area contributed by atoms with E-state index in [1.807, 2.05) is 20.0 Å². The summed E-state index contributed by atoms with van der Waals surface area (Å²) < 4.78 is 0. The second-order valence-corrected chi connectivity index (χ2v) is 5.33. The lowest BCUT2D eigenvalue weighted by atomic mass is 10.3. The number of aromatic nitrogens is 3. The van der Waals surface area contributed by atoms with Crippen LogP contribution in [-0.2, 0) is 6.54 Å².